The van der Waals surface area contributed by atoms with Crippen LogP contribution in [0.3, 0.4) is 0 Å². The zero-order chi connectivity index (χ0) is 16.4. The number of aromatic nitrogens is 1. The number of hydrogen-bond donors (Lipinski definition) is 0. The molecule has 0 bridgehead atoms. The predicted octanol–water partition coefficient (Wildman–Crippen LogP) is 4.42. The summed E-state index contributed by atoms with van der Waals surface area (Å²) >= 11 is 0. The van der Waals surface area contributed by atoms with Crippen molar-refractivity contribution in [2.24, 2.45) is 0 Å². The van der Waals surface area contributed by atoms with Crippen molar-refractivity contribution in [3.8, 4) is 5.75 Å². The summed E-state index contributed by atoms with van der Waals surface area (Å²) in [5.41, 5.74) is 3.54. The van der Waals surface area contributed by atoms with Crippen LogP contribution in [-0.4, -0.2) is 22.7 Å². The van der Waals surface area contributed by atoms with Crippen LogP contribution in [0.5, 0.6) is 5.75 Å². The molecule has 1 saturated heterocycles. The fourth-order valence-electron chi connectivity index (χ4n) is 3.53. The smallest absolute Gasteiger partial charge is 0.138 e. The number of aryl methyl sites for hydroxylation is 2. The number of nitrogens with zero attached hydrogens (tertiary/aromatic N) is 2. The Morgan fingerprint density at radius 1 is 1.30 bits per heavy atom. The maximum Gasteiger partial charge on any atom is 0.138 e. The van der Waals surface area contributed by atoms with E-state index < -0.39 is 0 Å². The van der Waals surface area contributed by atoms with E-state index in [2.05, 4.69) is 42.1 Å². The minimum atomic E-state index is 0.188. The van der Waals surface area contributed by atoms with Gasteiger partial charge in [-0.1, -0.05) is 23.4 Å². The molecule has 4 nitrogen and oxygen atoms in total. The van der Waals surface area contributed by atoms with Crippen LogP contribution in [0.25, 0.3) is 0 Å². The van der Waals surface area contributed by atoms with E-state index in [1.165, 1.54) is 17.5 Å². The number of likely N-dealkylation sites (tertiary alicyclic amines) is 1. The second kappa shape index (κ2) is 6.75. The molecule has 2 aromatic rings. The number of hydrogen-bond acceptors (Lipinski definition) is 4. The molecule has 0 unspecified atom stereocenters. The lowest BCUT2D eigenvalue weighted by atomic mass is 10.0. The molecule has 3 rings (SSSR count). The monoisotopic (exact) mass is 314 g/mol. The Labute approximate surface area is 138 Å². The topological polar surface area (TPSA) is 38.5 Å². The number of rotatable bonds is 5. The summed E-state index contributed by atoms with van der Waals surface area (Å²) in [6.07, 6.45) is 2.56. The normalized spacial score (nSPS) is 18.7. The second-order valence-corrected chi connectivity index (χ2v) is 6.64. The minimum absolute atomic E-state index is 0.188. The Kier molecular flexibility index (Phi) is 4.71. The quantitative estimate of drug-likeness (QED) is 0.819. The fourth-order valence-corrected chi connectivity index (χ4v) is 3.53. The molecule has 0 saturated carbocycles. The van der Waals surface area contributed by atoms with Gasteiger partial charge in [-0.3, -0.25) is 4.90 Å². The summed E-state index contributed by atoms with van der Waals surface area (Å²) in [5, 5.41) is 4.13. The molecule has 0 radical (unpaired) electrons. The summed E-state index contributed by atoms with van der Waals surface area (Å²) in [7, 11) is 0. The Morgan fingerprint density at radius 2 is 2.09 bits per heavy atom. The van der Waals surface area contributed by atoms with Crippen LogP contribution in [0.2, 0.25) is 0 Å². The molecule has 0 spiro atoms. The summed E-state index contributed by atoms with van der Waals surface area (Å²) < 4.78 is 11.4. The van der Waals surface area contributed by atoms with E-state index in [0.29, 0.717) is 6.04 Å². The number of ether oxygens (including phenoxy) is 1. The van der Waals surface area contributed by atoms with E-state index in [9.17, 15) is 0 Å². The third-order valence-corrected chi connectivity index (χ3v) is 4.49. The molecule has 0 amide bonds. The molecule has 1 aliphatic heterocycles. The Balaban J connectivity index is 1.82. The van der Waals surface area contributed by atoms with Crippen molar-refractivity contribution in [1.29, 1.82) is 0 Å². The molecule has 4 heteroatoms. The van der Waals surface area contributed by atoms with Crippen molar-refractivity contribution in [3.05, 3.63) is 46.8 Å². The highest BCUT2D eigenvalue weighted by Gasteiger charge is 2.31. The third-order valence-electron chi connectivity index (χ3n) is 4.49. The largest absolute Gasteiger partial charge is 0.491 e. The summed E-state index contributed by atoms with van der Waals surface area (Å²) in [4.78, 5) is 2.52. The van der Waals surface area contributed by atoms with Gasteiger partial charge in [0.1, 0.15) is 11.5 Å². The first kappa shape index (κ1) is 16.1. The molecule has 124 valence electrons. The van der Waals surface area contributed by atoms with Gasteiger partial charge in [0, 0.05) is 23.7 Å². The van der Waals surface area contributed by atoms with E-state index in [-0.39, 0.29) is 6.10 Å². The molecule has 1 atom stereocenters. The zero-order valence-electron chi connectivity index (χ0n) is 14.5. The lowest BCUT2D eigenvalue weighted by Crippen LogP contribution is -2.24. The summed E-state index contributed by atoms with van der Waals surface area (Å²) in [5.74, 6) is 1.94. The molecule has 2 heterocycles. The molecular formula is C19H26N2O2. The Morgan fingerprint density at radius 3 is 2.78 bits per heavy atom. The maximum absolute atomic E-state index is 5.97. The van der Waals surface area contributed by atoms with Gasteiger partial charge in [-0.05, 0) is 53.1 Å². The van der Waals surface area contributed by atoms with E-state index in [0.717, 1.165) is 36.7 Å². The SMILES string of the molecule is Cc1noc(C)c1[C@H]1CCCN1Cc1ccccc1OC(C)C. The van der Waals surface area contributed by atoms with Crippen LogP contribution in [0.1, 0.15) is 55.3 Å². The predicted molar refractivity (Wildman–Crippen MR) is 90.6 cm³/mol. The van der Waals surface area contributed by atoms with E-state index >= 15 is 0 Å². The fraction of sp³-hybridized carbons (Fsp3) is 0.526. The summed E-state index contributed by atoms with van der Waals surface area (Å²) in [6.45, 7) is 10.2. The van der Waals surface area contributed by atoms with Gasteiger partial charge in [-0.2, -0.15) is 0 Å². The standard InChI is InChI=1S/C19H26N2O2/c1-13(2)22-18-10-6-5-8-16(18)12-21-11-7-9-17(21)19-14(3)20-23-15(19)4/h5-6,8,10,13,17H,7,9,11-12H2,1-4H3/t17-/m1/s1. The molecule has 1 aliphatic rings. The van der Waals surface area contributed by atoms with Crippen molar-refractivity contribution >= 4 is 0 Å². The highest BCUT2D eigenvalue weighted by Crippen LogP contribution is 2.37. The molecule has 1 fully saturated rings. The van der Waals surface area contributed by atoms with Crippen LogP contribution in [0.4, 0.5) is 0 Å². The lowest BCUT2D eigenvalue weighted by Gasteiger charge is -2.26. The minimum Gasteiger partial charge on any atom is -0.491 e. The summed E-state index contributed by atoms with van der Waals surface area (Å²) in [6, 6.07) is 8.75. The van der Waals surface area contributed by atoms with E-state index in [1.807, 2.05) is 19.9 Å². The van der Waals surface area contributed by atoms with Gasteiger partial charge in [0.05, 0.1) is 11.8 Å². The second-order valence-electron chi connectivity index (χ2n) is 6.64. The average Bonchev–Trinajstić information content (AvgIpc) is 3.07. The molecule has 1 aromatic carbocycles. The van der Waals surface area contributed by atoms with Gasteiger partial charge in [-0.15, -0.1) is 0 Å². The molecule has 23 heavy (non-hydrogen) atoms. The van der Waals surface area contributed by atoms with Crippen LogP contribution in [0.15, 0.2) is 28.8 Å². The molecule has 0 N–H and O–H groups in total. The van der Waals surface area contributed by atoms with Crippen molar-refractivity contribution in [2.45, 2.75) is 59.2 Å². The van der Waals surface area contributed by atoms with Crippen molar-refractivity contribution in [2.75, 3.05) is 6.54 Å². The van der Waals surface area contributed by atoms with Gasteiger partial charge in [0.15, 0.2) is 0 Å². The maximum atomic E-state index is 5.97. The van der Waals surface area contributed by atoms with Crippen LogP contribution >= 0.6 is 0 Å². The van der Waals surface area contributed by atoms with E-state index in [4.69, 9.17) is 9.26 Å². The van der Waals surface area contributed by atoms with Gasteiger partial charge in [-0.25, -0.2) is 0 Å². The van der Waals surface area contributed by atoms with Gasteiger partial charge in [0.2, 0.25) is 0 Å². The lowest BCUT2D eigenvalue weighted by molar-refractivity contribution is 0.219. The number of para-hydroxylation sites is 1. The van der Waals surface area contributed by atoms with E-state index in [1.54, 1.807) is 0 Å². The van der Waals surface area contributed by atoms with Crippen molar-refractivity contribution in [1.82, 2.24) is 10.1 Å². The average molecular weight is 314 g/mol. The zero-order valence-corrected chi connectivity index (χ0v) is 14.5. The third kappa shape index (κ3) is 3.42. The van der Waals surface area contributed by atoms with Crippen LogP contribution in [0, 0.1) is 13.8 Å². The highest BCUT2D eigenvalue weighted by atomic mass is 16.5. The Hall–Kier alpha value is -1.81. The Bertz CT molecular complexity index is 644. The molecule has 0 aliphatic carbocycles. The van der Waals surface area contributed by atoms with Gasteiger partial charge >= 0.3 is 0 Å². The van der Waals surface area contributed by atoms with Gasteiger partial charge in [0.25, 0.3) is 0 Å². The molecular weight excluding hydrogens is 288 g/mol. The van der Waals surface area contributed by atoms with Crippen molar-refractivity contribution < 1.29 is 9.26 Å². The first-order chi connectivity index (χ1) is 11.1. The molecule has 1 aromatic heterocycles. The van der Waals surface area contributed by atoms with Crippen molar-refractivity contribution in [3.63, 3.8) is 0 Å². The highest BCUT2D eigenvalue weighted by molar-refractivity contribution is 5.34. The van der Waals surface area contributed by atoms with Crippen LogP contribution in [-0.2, 0) is 6.54 Å². The van der Waals surface area contributed by atoms with Gasteiger partial charge < -0.3 is 9.26 Å². The first-order valence-electron chi connectivity index (χ1n) is 8.47. The number of benzene rings is 1. The van der Waals surface area contributed by atoms with Crippen LogP contribution < -0.4 is 4.74 Å². The first-order valence-corrected chi connectivity index (χ1v) is 8.47.